The van der Waals surface area contributed by atoms with Gasteiger partial charge in [-0.15, -0.1) is 11.3 Å². The minimum atomic E-state index is -0.597. The molecule has 3 aromatic heterocycles. The second-order valence-electron chi connectivity index (χ2n) is 10.4. The Kier molecular flexibility index (Phi) is 12.0. The van der Waals surface area contributed by atoms with E-state index in [1.807, 2.05) is 0 Å². The molecule has 0 radical (unpaired) electrons. The number of nitrogens with one attached hydrogen (secondary N) is 4. The smallest absolute Gasteiger partial charge is 0.348 e. The molecule has 0 aliphatic carbocycles. The lowest BCUT2D eigenvalue weighted by Gasteiger charge is -2.10. The molecule has 4 amide bonds. The Labute approximate surface area is 284 Å². The standard InChI is InChI=1S/C33H31N7O8S/c1-18(41)35-28-11-22(12-29(39-28)36-19(2)42)16-47-32(45)24-5-7-25(8-6-24)34-15-26-9-10-27(49-26)33(46)48-17-23-13-30(37-20(3)43)40-31(14-23)38-21(4)44/h5-15H,16-17H2,1-4H3,(H2,35,36,39,41,42)(H2,37,38,40,43,44). The first-order valence-electron chi connectivity index (χ1n) is 14.5. The fourth-order valence-corrected chi connectivity index (χ4v) is 4.90. The van der Waals surface area contributed by atoms with E-state index in [9.17, 15) is 28.8 Å². The summed E-state index contributed by atoms with van der Waals surface area (Å²) in [5, 5.41) is 10.2. The van der Waals surface area contributed by atoms with Crippen LogP contribution < -0.4 is 21.3 Å². The molecule has 252 valence electrons. The zero-order chi connectivity index (χ0) is 35.5. The molecular formula is C33H31N7O8S. The maximum Gasteiger partial charge on any atom is 0.348 e. The van der Waals surface area contributed by atoms with Gasteiger partial charge in [0.05, 0.1) is 11.3 Å². The maximum absolute atomic E-state index is 12.7. The first kappa shape index (κ1) is 35.6. The highest BCUT2D eigenvalue weighted by atomic mass is 32.1. The van der Waals surface area contributed by atoms with Crippen LogP contribution in [0.3, 0.4) is 0 Å². The highest BCUT2D eigenvalue weighted by Crippen LogP contribution is 2.21. The molecule has 4 N–H and O–H groups in total. The number of amides is 4. The number of hydrogen-bond donors (Lipinski definition) is 4. The van der Waals surface area contributed by atoms with Crippen LogP contribution in [0.5, 0.6) is 0 Å². The number of hydrogen-bond acceptors (Lipinski definition) is 12. The number of ether oxygens (including phenoxy) is 2. The molecule has 1 aromatic carbocycles. The number of nitrogens with zero attached hydrogens (tertiary/aromatic N) is 3. The van der Waals surface area contributed by atoms with Crippen LogP contribution in [0, 0.1) is 0 Å². The Hall–Kier alpha value is -6.29. The van der Waals surface area contributed by atoms with E-state index in [0.29, 0.717) is 26.6 Å². The lowest BCUT2D eigenvalue weighted by molar-refractivity contribution is -0.115. The summed E-state index contributed by atoms with van der Waals surface area (Å²) in [5.41, 5.74) is 1.83. The molecule has 49 heavy (non-hydrogen) atoms. The Morgan fingerprint density at radius 2 is 1.06 bits per heavy atom. The van der Waals surface area contributed by atoms with Crippen molar-refractivity contribution in [2.75, 3.05) is 21.3 Å². The molecule has 0 unspecified atom stereocenters. The van der Waals surface area contributed by atoms with Gasteiger partial charge in [0.25, 0.3) is 0 Å². The average molecular weight is 686 g/mol. The number of pyridine rings is 2. The molecule has 0 aliphatic rings. The van der Waals surface area contributed by atoms with E-state index in [0.717, 1.165) is 11.3 Å². The van der Waals surface area contributed by atoms with Gasteiger partial charge in [-0.3, -0.25) is 24.2 Å². The van der Waals surface area contributed by atoms with Crippen LogP contribution in [0.25, 0.3) is 0 Å². The zero-order valence-electron chi connectivity index (χ0n) is 26.8. The van der Waals surface area contributed by atoms with E-state index in [2.05, 4.69) is 36.2 Å². The second-order valence-corrected chi connectivity index (χ2v) is 11.5. The zero-order valence-corrected chi connectivity index (χ0v) is 27.6. The van der Waals surface area contributed by atoms with Crippen molar-refractivity contribution in [2.45, 2.75) is 40.9 Å². The summed E-state index contributed by atoms with van der Waals surface area (Å²) in [7, 11) is 0. The number of aromatic nitrogens is 2. The molecule has 0 saturated carbocycles. The number of esters is 2. The number of thiophene rings is 1. The Morgan fingerprint density at radius 3 is 1.49 bits per heavy atom. The number of aliphatic imine (C=N–C) groups is 1. The van der Waals surface area contributed by atoms with Crippen LogP contribution in [-0.4, -0.2) is 51.7 Å². The van der Waals surface area contributed by atoms with Crippen molar-refractivity contribution in [2.24, 2.45) is 4.99 Å². The van der Waals surface area contributed by atoms with E-state index < -0.39 is 11.9 Å². The van der Waals surface area contributed by atoms with E-state index in [4.69, 9.17) is 9.47 Å². The van der Waals surface area contributed by atoms with Crippen molar-refractivity contribution in [3.8, 4) is 0 Å². The number of carbonyl (C=O) groups is 6. The summed E-state index contributed by atoms with van der Waals surface area (Å²) in [5.74, 6) is -1.77. The van der Waals surface area contributed by atoms with E-state index in [1.165, 1.54) is 52.0 Å². The summed E-state index contributed by atoms with van der Waals surface area (Å²) in [6, 6.07) is 15.8. The Bertz CT molecular complexity index is 1870. The topological polar surface area (TPSA) is 207 Å². The van der Waals surface area contributed by atoms with E-state index in [1.54, 1.807) is 42.6 Å². The van der Waals surface area contributed by atoms with Crippen molar-refractivity contribution in [3.05, 3.63) is 87.1 Å². The minimum Gasteiger partial charge on any atom is -0.457 e. The third kappa shape index (κ3) is 11.5. The second kappa shape index (κ2) is 16.5. The fraction of sp³-hybridized carbons (Fsp3) is 0.182. The molecule has 3 heterocycles. The number of benzene rings is 1. The maximum atomic E-state index is 12.7. The van der Waals surface area contributed by atoms with Crippen molar-refractivity contribution >= 4 is 82.1 Å². The lowest BCUT2D eigenvalue weighted by atomic mass is 10.2. The van der Waals surface area contributed by atoms with Crippen molar-refractivity contribution in [1.82, 2.24) is 9.97 Å². The monoisotopic (exact) mass is 685 g/mol. The van der Waals surface area contributed by atoms with Gasteiger partial charge >= 0.3 is 11.9 Å². The summed E-state index contributed by atoms with van der Waals surface area (Å²) in [4.78, 5) is 84.9. The quantitative estimate of drug-likeness (QED) is 0.118. The molecule has 0 atom stereocenters. The van der Waals surface area contributed by atoms with Crippen molar-refractivity contribution in [1.29, 1.82) is 0 Å². The highest BCUT2D eigenvalue weighted by Gasteiger charge is 2.14. The van der Waals surface area contributed by atoms with Crippen LogP contribution in [0.1, 0.15) is 63.7 Å². The molecule has 0 bridgehead atoms. The van der Waals surface area contributed by atoms with Crippen LogP contribution in [-0.2, 0) is 41.9 Å². The summed E-state index contributed by atoms with van der Waals surface area (Å²) in [6.07, 6.45) is 1.57. The minimum absolute atomic E-state index is 0.130. The molecule has 4 rings (SSSR count). The number of carbonyl (C=O) groups excluding carboxylic acids is 6. The Balaban J connectivity index is 1.33. The molecule has 4 aromatic rings. The van der Waals surface area contributed by atoms with Gasteiger partial charge in [-0.25, -0.2) is 19.6 Å². The van der Waals surface area contributed by atoms with Gasteiger partial charge in [0.1, 0.15) is 41.4 Å². The molecule has 0 aliphatic heterocycles. The summed E-state index contributed by atoms with van der Waals surface area (Å²) in [6.45, 7) is 5.02. The SMILES string of the molecule is CC(=O)Nc1cc(COC(=O)c2ccc(N=Cc3ccc(C(=O)OCc4cc(NC(C)=O)nc(NC(C)=O)c4)s3)cc2)cc(NC(C)=O)n1. The molecule has 0 fully saturated rings. The third-order valence-corrected chi connectivity index (χ3v) is 7.00. The average Bonchev–Trinajstić information content (AvgIpc) is 3.49. The predicted octanol–water partition coefficient (Wildman–Crippen LogP) is 4.84. The number of anilines is 4. The van der Waals surface area contributed by atoms with Gasteiger partial charge in [0.2, 0.25) is 23.6 Å². The number of rotatable bonds is 12. The largest absolute Gasteiger partial charge is 0.457 e. The van der Waals surface area contributed by atoms with Gasteiger partial charge in [-0.2, -0.15) is 0 Å². The van der Waals surface area contributed by atoms with Crippen LogP contribution in [0.15, 0.2) is 65.7 Å². The van der Waals surface area contributed by atoms with Crippen LogP contribution in [0.4, 0.5) is 29.0 Å². The molecule has 0 saturated heterocycles. The van der Waals surface area contributed by atoms with Gasteiger partial charge in [-0.05, 0) is 71.8 Å². The van der Waals surface area contributed by atoms with Crippen LogP contribution in [0.2, 0.25) is 0 Å². The van der Waals surface area contributed by atoms with Crippen LogP contribution >= 0.6 is 11.3 Å². The van der Waals surface area contributed by atoms with Gasteiger partial charge in [0.15, 0.2) is 0 Å². The van der Waals surface area contributed by atoms with Crippen molar-refractivity contribution < 1.29 is 38.2 Å². The molecule has 16 heteroatoms. The van der Waals surface area contributed by atoms with E-state index >= 15 is 0 Å². The third-order valence-electron chi connectivity index (χ3n) is 6.00. The normalized spacial score (nSPS) is 10.6. The highest BCUT2D eigenvalue weighted by molar-refractivity contribution is 7.15. The summed E-state index contributed by atoms with van der Waals surface area (Å²) < 4.78 is 10.8. The van der Waals surface area contributed by atoms with Gasteiger partial charge < -0.3 is 30.7 Å². The molecule has 15 nitrogen and oxygen atoms in total. The fourth-order valence-electron chi connectivity index (χ4n) is 4.12. The molecule has 0 spiro atoms. The van der Waals surface area contributed by atoms with Crippen molar-refractivity contribution in [3.63, 3.8) is 0 Å². The Morgan fingerprint density at radius 1 is 0.633 bits per heavy atom. The lowest BCUT2D eigenvalue weighted by Crippen LogP contribution is -2.13. The van der Waals surface area contributed by atoms with Gasteiger partial charge in [-0.1, -0.05) is 0 Å². The molecular weight excluding hydrogens is 654 g/mol. The van der Waals surface area contributed by atoms with E-state index in [-0.39, 0.29) is 65.7 Å². The predicted molar refractivity (Wildman–Crippen MR) is 182 cm³/mol. The van der Waals surface area contributed by atoms with Gasteiger partial charge in [0, 0.05) is 38.8 Å². The summed E-state index contributed by atoms with van der Waals surface area (Å²) >= 11 is 1.16. The first-order valence-corrected chi connectivity index (χ1v) is 15.3. The first-order chi connectivity index (χ1) is 23.3.